The molecule has 294 valence electrons. The number of anilines is 3. The largest absolute Gasteiger partial charge is 0.463 e. The summed E-state index contributed by atoms with van der Waals surface area (Å²) in [6, 6.07) is 40.2. The van der Waals surface area contributed by atoms with Gasteiger partial charge in [-0.05, 0) is 61.3 Å². The molecule has 0 unspecified atom stereocenters. The highest BCUT2D eigenvalue weighted by Crippen LogP contribution is 2.38. The molecule has 1 aliphatic rings. The molecule has 6 rings (SSSR count). The number of nitrogens with one attached hydrogen (secondary N) is 2. The van der Waals surface area contributed by atoms with Gasteiger partial charge >= 0.3 is 12.2 Å². The number of carboxylic acid groups (broad SMARTS) is 1. The van der Waals surface area contributed by atoms with Crippen molar-refractivity contribution in [2.24, 2.45) is 0 Å². The lowest BCUT2D eigenvalue weighted by Crippen LogP contribution is -2.52. The van der Waals surface area contributed by atoms with Gasteiger partial charge in [-0.25, -0.2) is 9.59 Å². The van der Waals surface area contributed by atoms with Crippen molar-refractivity contribution in [3.05, 3.63) is 139 Å². The molecule has 5 aromatic carbocycles. The molecule has 57 heavy (non-hydrogen) atoms. The number of carbonyl (C=O) groups is 4. The molecule has 0 aromatic heterocycles. The fourth-order valence-electron chi connectivity index (χ4n) is 6.87. The summed E-state index contributed by atoms with van der Waals surface area (Å²) in [5.74, 6) is -0.286. The van der Waals surface area contributed by atoms with Gasteiger partial charge in [-0.3, -0.25) is 9.59 Å². The number of para-hydroxylation sites is 2. The van der Waals surface area contributed by atoms with Gasteiger partial charge in [-0.1, -0.05) is 103 Å². The normalized spacial score (nSPS) is 13.0. The average molecular weight is 769 g/mol. The molecule has 4 amide bonds. The number of likely N-dealkylation sites (N-methyl/N-ethyl adjacent to an activating group) is 1. The van der Waals surface area contributed by atoms with Crippen molar-refractivity contribution in [3.63, 3.8) is 0 Å². The molecular weight excluding hydrogens is 721 g/mol. The number of piperidine rings is 1. The number of amides is 4. The van der Waals surface area contributed by atoms with Crippen molar-refractivity contribution in [1.82, 2.24) is 15.1 Å². The Hall–Kier alpha value is -6.50. The Kier molecular flexibility index (Phi) is 13.7. The molecular formula is C45H48N6O6. The number of ether oxygens (including phenoxy) is 1. The average Bonchev–Trinajstić information content (AvgIpc) is 3.24. The maximum Gasteiger partial charge on any atom is 0.434 e. The van der Waals surface area contributed by atoms with E-state index in [1.54, 1.807) is 67.5 Å². The third kappa shape index (κ3) is 10.2. The topological polar surface area (TPSA) is 135 Å². The molecule has 12 heteroatoms. The molecule has 0 atom stereocenters. The Labute approximate surface area is 333 Å². The van der Waals surface area contributed by atoms with Crippen LogP contribution in [0.5, 0.6) is 0 Å². The van der Waals surface area contributed by atoms with E-state index in [4.69, 9.17) is 4.74 Å². The van der Waals surface area contributed by atoms with E-state index in [9.17, 15) is 24.3 Å². The number of benzene rings is 5. The fraction of sp³-hybridized carbons (Fsp3) is 0.244. The first-order valence-corrected chi connectivity index (χ1v) is 19.1. The lowest BCUT2D eigenvalue weighted by atomic mass is 10.0. The highest BCUT2D eigenvalue weighted by molar-refractivity contribution is 6.06. The van der Waals surface area contributed by atoms with E-state index >= 15 is 0 Å². The Morgan fingerprint density at radius 1 is 0.737 bits per heavy atom. The van der Waals surface area contributed by atoms with Crippen LogP contribution < -0.4 is 20.7 Å². The third-order valence-electron chi connectivity index (χ3n) is 9.88. The quantitative estimate of drug-likeness (QED) is 0.103. The summed E-state index contributed by atoms with van der Waals surface area (Å²) in [5.41, 5.74) is 4.59. The van der Waals surface area contributed by atoms with E-state index < -0.39 is 18.3 Å². The summed E-state index contributed by atoms with van der Waals surface area (Å²) in [6.45, 7) is 2.88. The molecule has 12 nitrogen and oxygen atoms in total. The smallest absolute Gasteiger partial charge is 0.434 e. The van der Waals surface area contributed by atoms with Gasteiger partial charge in [0.1, 0.15) is 6.10 Å². The molecule has 0 bridgehead atoms. The fourth-order valence-corrected chi connectivity index (χ4v) is 6.87. The molecule has 3 N–H and O–H groups in total. The van der Waals surface area contributed by atoms with E-state index in [-0.39, 0.29) is 11.8 Å². The van der Waals surface area contributed by atoms with Crippen LogP contribution in [0.25, 0.3) is 22.3 Å². The van der Waals surface area contributed by atoms with Gasteiger partial charge in [0.05, 0.1) is 11.4 Å². The van der Waals surface area contributed by atoms with Gasteiger partial charge in [-0.15, -0.1) is 0 Å². The Morgan fingerprint density at radius 3 is 1.88 bits per heavy atom. The molecule has 0 saturated carbocycles. The SMILES string of the molecule is CNCCC(=O)Nc1cccc(C(=O)N(C)CCN2CCC(OC(=O)N(c3ccccc3-c3ccccc3)N(C(=O)O)c3ccccc3-c3ccccc3)CC2)c1. The van der Waals surface area contributed by atoms with E-state index in [0.29, 0.717) is 85.7 Å². The van der Waals surface area contributed by atoms with Gasteiger partial charge < -0.3 is 30.3 Å². The molecule has 1 saturated heterocycles. The molecule has 0 aliphatic carbocycles. The first-order chi connectivity index (χ1) is 27.7. The summed E-state index contributed by atoms with van der Waals surface area (Å²) in [6.07, 6.45) is -1.25. The van der Waals surface area contributed by atoms with Crippen LogP contribution >= 0.6 is 0 Å². The summed E-state index contributed by atoms with van der Waals surface area (Å²) >= 11 is 0. The van der Waals surface area contributed by atoms with Gasteiger partial charge in [0.25, 0.3) is 5.91 Å². The Balaban J connectivity index is 1.16. The Bertz CT molecular complexity index is 2140. The van der Waals surface area contributed by atoms with Crippen LogP contribution in [0.1, 0.15) is 29.6 Å². The van der Waals surface area contributed by atoms with Gasteiger partial charge in [0, 0.05) is 68.6 Å². The second kappa shape index (κ2) is 19.4. The monoisotopic (exact) mass is 768 g/mol. The number of hydrazine groups is 1. The zero-order valence-corrected chi connectivity index (χ0v) is 32.2. The standard InChI is InChI=1S/C45H48N6O6/c1-46-27-24-42(52)47-36-19-13-18-35(32-36)43(53)48(2)30-31-49-28-25-37(26-29-49)57-45(56)51(41-23-12-10-21-39(41)34-16-7-4-8-17-34)50(44(54)55)40-22-11-9-20-38(40)33-14-5-3-6-15-33/h3-23,32,37,46H,24-31H2,1-2H3,(H,47,52)(H,54,55). The van der Waals surface area contributed by atoms with Crippen LogP contribution in [0.4, 0.5) is 26.7 Å². The molecule has 1 fully saturated rings. The predicted molar refractivity (Wildman–Crippen MR) is 223 cm³/mol. The van der Waals surface area contributed by atoms with Crippen molar-refractivity contribution in [2.45, 2.75) is 25.4 Å². The number of nitrogens with zero attached hydrogens (tertiary/aromatic N) is 4. The third-order valence-corrected chi connectivity index (χ3v) is 9.88. The zero-order valence-electron chi connectivity index (χ0n) is 32.2. The van der Waals surface area contributed by atoms with Crippen molar-refractivity contribution < 1.29 is 29.0 Å². The predicted octanol–water partition coefficient (Wildman–Crippen LogP) is 7.85. The van der Waals surface area contributed by atoms with Crippen LogP contribution in [0.2, 0.25) is 0 Å². The Morgan fingerprint density at radius 2 is 1.30 bits per heavy atom. The van der Waals surface area contributed by atoms with Crippen molar-refractivity contribution in [2.75, 3.05) is 62.2 Å². The second-order valence-corrected chi connectivity index (χ2v) is 13.8. The minimum atomic E-state index is -1.35. The van der Waals surface area contributed by atoms with Gasteiger partial charge in [0.2, 0.25) is 5.91 Å². The lowest BCUT2D eigenvalue weighted by Gasteiger charge is -2.37. The first-order valence-electron chi connectivity index (χ1n) is 19.1. The number of carbonyl (C=O) groups excluding carboxylic acids is 3. The highest BCUT2D eigenvalue weighted by Gasteiger charge is 2.36. The zero-order chi connectivity index (χ0) is 40.1. The van der Waals surface area contributed by atoms with Gasteiger partial charge in [-0.2, -0.15) is 10.0 Å². The first kappa shape index (κ1) is 40.2. The summed E-state index contributed by atoms with van der Waals surface area (Å²) in [7, 11) is 3.53. The lowest BCUT2D eigenvalue weighted by molar-refractivity contribution is -0.116. The second-order valence-electron chi connectivity index (χ2n) is 13.8. The maximum absolute atomic E-state index is 14.5. The minimum absolute atomic E-state index is 0.131. The number of hydrogen-bond donors (Lipinski definition) is 3. The van der Waals surface area contributed by atoms with Crippen LogP contribution in [0, 0.1) is 0 Å². The van der Waals surface area contributed by atoms with Crippen LogP contribution in [0.15, 0.2) is 133 Å². The molecule has 0 radical (unpaired) electrons. The molecule has 1 heterocycles. The van der Waals surface area contributed by atoms with E-state index in [0.717, 1.165) is 21.1 Å². The van der Waals surface area contributed by atoms with Crippen molar-refractivity contribution in [3.8, 4) is 22.3 Å². The number of hydrogen-bond acceptors (Lipinski definition) is 7. The van der Waals surface area contributed by atoms with Crippen molar-refractivity contribution in [1.29, 1.82) is 0 Å². The molecule has 0 spiro atoms. The summed E-state index contributed by atoms with van der Waals surface area (Å²) in [4.78, 5) is 57.2. The highest BCUT2D eigenvalue weighted by atomic mass is 16.6. The summed E-state index contributed by atoms with van der Waals surface area (Å²) < 4.78 is 6.18. The maximum atomic E-state index is 14.5. The van der Waals surface area contributed by atoms with Crippen LogP contribution in [-0.2, 0) is 9.53 Å². The van der Waals surface area contributed by atoms with E-state index in [1.165, 1.54) is 0 Å². The van der Waals surface area contributed by atoms with Crippen molar-refractivity contribution >= 4 is 41.1 Å². The number of likely N-dealkylation sites (tertiary alicyclic amines) is 1. The minimum Gasteiger partial charge on any atom is -0.463 e. The van der Waals surface area contributed by atoms with Gasteiger partial charge in [0.15, 0.2) is 0 Å². The summed E-state index contributed by atoms with van der Waals surface area (Å²) in [5, 5.41) is 18.8. The number of rotatable bonds is 13. The molecule has 5 aromatic rings. The van der Waals surface area contributed by atoms with Crippen LogP contribution in [0.3, 0.4) is 0 Å². The molecule has 1 aliphatic heterocycles. The van der Waals surface area contributed by atoms with E-state index in [1.807, 2.05) is 84.9 Å². The van der Waals surface area contributed by atoms with E-state index in [2.05, 4.69) is 15.5 Å². The van der Waals surface area contributed by atoms with Crippen LogP contribution in [-0.4, -0.2) is 91.8 Å².